The number of aliphatic hydroxyl groups is 1. The van der Waals surface area contributed by atoms with E-state index >= 15 is 0 Å². The normalized spacial score (nSPS) is 19.5. The van der Waals surface area contributed by atoms with Crippen molar-refractivity contribution in [1.29, 1.82) is 0 Å². The van der Waals surface area contributed by atoms with Crippen molar-refractivity contribution in [3.63, 3.8) is 0 Å². The molecule has 0 bridgehead atoms. The van der Waals surface area contributed by atoms with Gasteiger partial charge in [-0.2, -0.15) is 0 Å². The van der Waals surface area contributed by atoms with Crippen LogP contribution in [0.2, 0.25) is 0 Å². The Morgan fingerprint density at radius 3 is 2.13 bits per heavy atom. The Bertz CT molecular complexity index is 171. The van der Waals surface area contributed by atoms with Crippen molar-refractivity contribution in [3.8, 4) is 0 Å². The van der Waals surface area contributed by atoms with E-state index in [1.54, 1.807) is 6.92 Å². The van der Waals surface area contributed by atoms with E-state index in [0.29, 0.717) is 0 Å². The minimum Gasteiger partial charge on any atom is -0.666 e. The van der Waals surface area contributed by atoms with Gasteiger partial charge in [-0.25, -0.2) is 0 Å². The number of hydrogen-bond donors (Lipinski definition) is 1. The van der Waals surface area contributed by atoms with Gasteiger partial charge in [0.1, 0.15) is 0 Å². The fourth-order valence-electron chi connectivity index (χ4n) is 1.44. The summed E-state index contributed by atoms with van der Waals surface area (Å²) >= 11 is 0. The summed E-state index contributed by atoms with van der Waals surface area (Å²) < 4.78 is 0. The zero-order valence-electron chi connectivity index (χ0n) is 9.86. The number of carbonyl (C=O) groups excluding carboxylic acids is 1. The molecular formula is C10H21N2O2Y-. The number of rotatable bonds is 2. The van der Waals surface area contributed by atoms with Crippen molar-refractivity contribution in [1.82, 2.24) is 4.90 Å². The van der Waals surface area contributed by atoms with Crippen LogP contribution in [0.4, 0.5) is 0 Å². The van der Waals surface area contributed by atoms with E-state index in [-0.39, 0.29) is 44.9 Å². The van der Waals surface area contributed by atoms with Gasteiger partial charge in [-0.3, -0.25) is 4.90 Å². The van der Waals surface area contributed by atoms with Gasteiger partial charge in [0.15, 0.2) is 0 Å². The molecule has 0 spiro atoms. The van der Waals surface area contributed by atoms with Crippen molar-refractivity contribution in [2.75, 3.05) is 13.1 Å². The fraction of sp³-hybridized carbons (Fsp3) is 0.900. The van der Waals surface area contributed by atoms with Crippen molar-refractivity contribution >= 4 is 5.91 Å². The predicted molar refractivity (Wildman–Crippen MR) is 57.0 cm³/mol. The second-order valence-electron chi connectivity index (χ2n) is 3.31. The molecule has 0 saturated carbocycles. The van der Waals surface area contributed by atoms with Gasteiger partial charge in [0.05, 0.1) is 12.0 Å². The number of aliphatic hydroxyl groups excluding tert-OH is 1. The maximum absolute atomic E-state index is 10.7. The van der Waals surface area contributed by atoms with E-state index in [0.717, 1.165) is 25.9 Å². The molecule has 4 nitrogen and oxygen atoms in total. The first-order chi connectivity index (χ1) is 6.61. The minimum absolute atomic E-state index is 0. The summed E-state index contributed by atoms with van der Waals surface area (Å²) in [4.78, 5) is 12.6. The minimum atomic E-state index is -0.536. The van der Waals surface area contributed by atoms with Crippen molar-refractivity contribution < 1.29 is 42.6 Å². The number of carbonyl (C=O) groups is 1. The predicted octanol–water partition coefficient (Wildman–Crippen LogP) is 1.43. The second-order valence-corrected chi connectivity index (χ2v) is 3.31. The second kappa shape index (κ2) is 9.70. The molecule has 1 aliphatic rings. The Labute approximate surface area is 117 Å². The third kappa shape index (κ3) is 6.61. The summed E-state index contributed by atoms with van der Waals surface area (Å²) in [6.45, 7) is 7.20. The third-order valence-electron chi connectivity index (χ3n) is 2.43. The van der Waals surface area contributed by atoms with Gasteiger partial charge < -0.3 is 15.6 Å². The van der Waals surface area contributed by atoms with E-state index in [2.05, 4.69) is 0 Å². The molecule has 1 amide bonds. The van der Waals surface area contributed by atoms with Gasteiger partial charge in [0.2, 0.25) is 0 Å². The molecule has 1 unspecified atom stereocenters. The molecule has 1 saturated heterocycles. The first-order valence-electron chi connectivity index (χ1n) is 5.29. The van der Waals surface area contributed by atoms with Gasteiger partial charge in [-0.15, -0.1) is 0 Å². The zero-order valence-corrected chi connectivity index (χ0v) is 12.7. The maximum atomic E-state index is 10.7. The monoisotopic (exact) mass is 290 g/mol. The topological polar surface area (TPSA) is 64.3 Å². The Kier molecular flexibility index (Phi) is 11.6. The summed E-state index contributed by atoms with van der Waals surface area (Å²) in [5.41, 5.74) is 6.93. The van der Waals surface area contributed by atoms with Gasteiger partial charge in [0, 0.05) is 51.8 Å². The van der Waals surface area contributed by atoms with Crippen molar-refractivity contribution in [2.24, 2.45) is 0 Å². The number of nitrogens with zero attached hydrogens (tertiary/aromatic N) is 1. The molecule has 1 radical (unpaired) electrons. The quantitative estimate of drug-likeness (QED) is 0.837. The van der Waals surface area contributed by atoms with Crippen LogP contribution in [0.3, 0.4) is 0 Å². The summed E-state index contributed by atoms with van der Waals surface area (Å²) in [5.74, 6) is -0.536. The van der Waals surface area contributed by atoms with Gasteiger partial charge in [-0.1, -0.05) is 13.8 Å². The SMILES string of the molecule is CC.CC(C([NH-])=O)N1CCC(O)CC1.[Y]. The van der Waals surface area contributed by atoms with E-state index in [9.17, 15) is 9.90 Å². The summed E-state index contributed by atoms with van der Waals surface area (Å²) in [5, 5.41) is 9.19. The molecular weight excluding hydrogens is 269 g/mol. The molecule has 1 fully saturated rings. The third-order valence-corrected chi connectivity index (χ3v) is 2.43. The molecule has 0 aliphatic carbocycles. The van der Waals surface area contributed by atoms with E-state index < -0.39 is 5.91 Å². The standard InChI is InChI=1S/C8H16N2O2.C2H6.Y/c1-6(8(9)12)10-4-2-7(11)3-5-10;1-2;/h6-7,11H,2-5H2,1H3,(H2,9,12);1-2H3;/p-1. The number of likely N-dealkylation sites (tertiary alicyclic amines) is 1. The molecule has 0 aromatic carbocycles. The van der Waals surface area contributed by atoms with Crippen LogP contribution in [0.25, 0.3) is 5.73 Å². The molecule has 1 rings (SSSR count). The average molecular weight is 290 g/mol. The average Bonchev–Trinajstić information content (AvgIpc) is 2.21. The van der Waals surface area contributed by atoms with Crippen molar-refractivity contribution in [3.05, 3.63) is 5.73 Å². The summed E-state index contributed by atoms with van der Waals surface area (Å²) in [6.07, 6.45) is 1.23. The molecule has 0 aromatic heterocycles. The smallest absolute Gasteiger partial charge is 0.0660 e. The van der Waals surface area contributed by atoms with E-state index in [4.69, 9.17) is 5.73 Å². The van der Waals surface area contributed by atoms with E-state index in [1.807, 2.05) is 18.7 Å². The van der Waals surface area contributed by atoms with Crippen LogP contribution in [0.5, 0.6) is 0 Å². The van der Waals surface area contributed by atoms with Crippen LogP contribution in [0.1, 0.15) is 33.6 Å². The molecule has 5 heteroatoms. The number of amides is 1. The summed E-state index contributed by atoms with van der Waals surface area (Å²) in [6, 6.07) is -0.308. The molecule has 1 heterocycles. The first kappa shape index (κ1) is 17.9. The van der Waals surface area contributed by atoms with Crippen molar-refractivity contribution in [2.45, 2.75) is 45.8 Å². The van der Waals surface area contributed by atoms with E-state index in [1.165, 1.54) is 0 Å². The Morgan fingerprint density at radius 2 is 1.80 bits per heavy atom. The largest absolute Gasteiger partial charge is 0.666 e. The fourth-order valence-corrected chi connectivity index (χ4v) is 1.44. The number of piperidine rings is 1. The molecule has 1 aliphatic heterocycles. The first-order valence-corrected chi connectivity index (χ1v) is 5.29. The maximum Gasteiger partial charge on any atom is 0.0660 e. The van der Waals surface area contributed by atoms with Crippen LogP contribution in [0, 0.1) is 0 Å². The molecule has 15 heavy (non-hydrogen) atoms. The van der Waals surface area contributed by atoms with Crippen LogP contribution >= 0.6 is 0 Å². The van der Waals surface area contributed by atoms with Gasteiger partial charge in [-0.05, 0) is 19.8 Å². The van der Waals surface area contributed by atoms with Crippen LogP contribution in [-0.4, -0.2) is 41.1 Å². The number of hydrogen-bond acceptors (Lipinski definition) is 3. The number of nitrogens with one attached hydrogen (secondary N) is 1. The zero-order chi connectivity index (χ0) is 11.1. The van der Waals surface area contributed by atoms with Gasteiger partial charge >= 0.3 is 0 Å². The molecule has 1 atom stereocenters. The Hall–Kier alpha value is 0.494. The molecule has 2 N–H and O–H groups in total. The Balaban J connectivity index is 0. The summed E-state index contributed by atoms with van der Waals surface area (Å²) in [7, 11) is 0. The van der Waals surface area contributed by atoms with Crippen LogP contribution in [0.15, 0.2) is 0 Å². The molecule has 87 valence electrons. The van der Waals surface area contributed by atoms with Gasteiger partial charge in [0.25, 0.3) is 0 Å². The molecule has 0 aromatic rings. The van der Waals surface area contributed by atoms with Crippen LogP contribution in [-0.2, 0) is 37.5 Å². The van der Waals surface area contributed by atoms with Crippen LogP contribution < -0.4 is 0 Å². The Morgan fingerprint density at radius 1 is 1.40 bits per heavy atom.